The first-order valence-corrected chi connectivity index (χ1v) is 12.5. The molecule has 39 heavy (non-hydrogen) atoms. The van der Waals surface area contributed by atoms with E-state index in [9.17, 15) is 18.0 Å². The summed E-state index contributed by atoms with van der Waals surface area (Å²) in [4.78, 5) is 25.5. The van der Waals surface area contributed by atoms with Gasteiger partial charge in [0.25, 0.3) is 5.91 Å². The molecule has 0 saturated carbocycles. The van der Waals surface area contributed by atoms with E-state index in [1.165, 1.54) is 18.3 Å². The van der Waals surface area contributed by atoms with Crippen LogP contribution in [0.1, 0.15) is 32.7 Å². The van der Waals surface area contributed by atoms with Gasteiger partial charge in [-0.15, -0.1) is 0 Å². The Labute approximate surface area is 224 Å². The quantitative estimate of drug-likeness (QED) is 0.375. The Bertz CT molecular complexity index is 1560. The summed E-state index contributed by atoms with van der Waals surface area (Å²) in [5.74, 6) is 5.40. The van der Waals surface area contributed by atoms with E-state index in [0.717, 1.165) is 35.5 Å². The first-order chi connectivity index (χ1) is 18.8. The van der Waals surface area contributed by atoms with Gasteiger partial charge in [0.05, 0.1) is 11.1 Å². The molecule has 0 atom stereocenters. The van der Waals surface area contributed by atoms with Gasteiger partial charge >= 0.3 is 6.18 Å². The zero-order chi connectivity index (χ0) is 27.4. The molecule has 4 aromatic rings. The number of anilines is 1. The predicted molar refractivity (Wildman–Crippen MR) is 144 cm³/mol. The number of likely N-dealkylation sites (N-methyl/N-ethyl adjacent to an activating group) is 1. The van der Waals surface area contributed by atoms with E-state index in [0.29, 0.717) is 24.5 Å². The van der Waals surface area contributed by atoms with Crippen LogP contribution in [0.5, 0.6) is 0 Å². The summed E-state index contributed by atoms with van der Waals surface area (Å²) in [6.45, 7) is 3.18. The van der Waals surface area contributed by atoms with Crippen LogP contribution >= 0.6 is 0 Å². The van der Waals surface area contributed by atoms with E-state index in [1.54, 1.807) is 24.5 Å². The molecule has 2 aromatic heterocycles. The zero-order valence-corrected chi connectivity index (χ0v) is 21.3. The number of hydrogen-bond donors (Lipinski definition) is 1. The summed E-state index contributed by atoms with van der Waals surface area (Å²) in [6.07, 6.45) is 0.347. The Balaban J connectivity index is 1.33. The van der Waals surface area contributed by atoms with Crippen molar-refractivity contribution < 1.29 is 18.0 Å². The second-order valence-corrected chi connectivity index (χ2v) is 9.49. The number of rotatable bonds is 4. The number of carbonyl (C=O) groups is 1. The third-order valence-electron chi connectivity index (χ3n) is 6.68. The van der Waals surface area contributed by atoms with E-state index >= 15 is 0 Å². The maximum atomic E-state index is 13.9. The van der Waals surface area contributed by atoms with Crippen LogP contribution in [0, 0.1) is 11.8 Å². The maximum Gasteiger partial charge on any atom is 0.416 e. The van der Waals surface area contributed by atoms with Gasteiger partial charge in [0.15, 0.2) is 0 Å². The zero-order valence-electron chi connectivity index (χ0n) is 21.3. The SMILES string of the molecule is CN1CCN(Cc2ccc(C(=O)Nc3ccnc(C#Cc4cncc5ccccc45)c3)cc2C(F)(F)F)CC1. The summed E-state index contributed by atoms with van der Waals surface area (Å²) in [7, 11) is 1.99. The third kappa shape index (κ3) is 6.42. The van der Waals surface area contributed by atoms with E-state index in [-0.39, 0.29) is 17.7 Å². The van der Waals surface area contributed by atoms with Crippen molar-refractivity contribution in [3.05, 3.63) is 101 Å². The highest BCUT2D eigenvalue weighted by atomic mass is 19.4. The lowest BCUT2D eigenvalue weighted by Crippen LogP contribution is -2.44. The second kappa shape index (κ2) is 11.2. The monoisotopic (exact) mass is 529 g/mol. The van der Waals surface area contributed by atoms with Crippen molar-refractivity contribution in [3.8, 4) is 11.8 Å². The van der Waals surface area contributed by atoms with Gasteiger partial charge in [-0.3, -0.25) is 14.7 Å². The minimum absolute atomic E-state index is 0.0734. The topological polar surface area (TPSA) is 61.4 Å². The Kier molecular flexibility index (Phi) is 7.59. The molecule has 0 radical (unpaired) electrons. The number of fused-ring (bicyclic) bond motifs is 1. The number of nitrogens with one attached hydrogen (secondary N) is 1. The van der Waals surface area contributed by atoms with Crippen LogP contribution in [0.15, 0.2) is 73.2 Å². The summed E-state index contributed by atoms with van der Waals surface area (Å²) in [6, 6.07) is 14.7. The van der Waals surface area contributed by atoms with Gasteiger partial charge in [-0.2, -0.15) is 13.2 Å². The van der Waals surface area contributed by atoms with Crippen LogP contribution < -0.4 is 5.32 Å². The Hall–Kier alpha value is -4.26. The van der Waals surface area contributed by atoms with Crippen molar-refractivity contribution in [1.29, 1.82) is 0 Å². The molecule has 0 unspecified atom stereocenters. The Morgan fingerprint density at radius 1 is 1.00 bits per heavy atom. The van der Waals surface area contributed by atoms with Gasteiger partial charge in [-0.1, -0.05) is 36.3 Å². The number of pyridine rings is 2. The number of alkyl halides is 3. The van der Waals surface area contributed by atoms with Gasteiger partial charge < -0.3 is 10.2 Å². The highest BCUT2D eigenvalue weighted by molar-refractivity contribution is 6.04. The molecule has 0 bridgehead atoms. The van der Waals surface area contributed by atoms with Crippen molar-refractivity contribution in [2.45, 2.75) is 12.7 Å². The van der Waals surface area contributed by atoms with Gasteiger partial charge in [-0.25, -0.2) is 4.98 Å². The van der Waals surface area contributed by atoms with Crippen LogP contribution in [0.4, 0.5) is 18.9 Å². The normalized spacial score (nSPS) is 14.6. The summed E-state index contributed by atoms with van der Waals surface area (Å²) >= 11 is 0. The summed E-state index contributed by atoms with van der Waals surface area (Å²) in [5, 5.41) is 4.59. The van der Waals surface area contributed by atoms with E-state index in [4.69, 9.17) is 0 Å². The fraction of sp³-hybridized carbons (Fsp3) is 0.233. The number of piperazine rings is 1. The lowest BCUT2D eigenvalue weighted by atomic mass is 10.0. The largest absolute Gasteiger partial charge is 0.416 e. The molecule has 1 aliphatic rings. The third-order valence-corrected chi connectivity index (χ3v) is 6.68. The lowest BCUT2D eigenvalue weighted by molar-refractivity contribution is -0.138. The molecular weight excluding hydrogens is 503 g/mol. The van der Waals surface area contributed by atoms with Crippen LogP contribution in [-0.2, 0) is 12.7 Å². The lowest BCUT2D eigenvalue weighted by Gasteiger charge is -2.33. The number of benzene rings is 2. The maximum absolute atomic E-state index is 13.9. The molecule has 0 spiro atoms. The Morgan fingerprint density at radius 3 is 2.59 bits per heavy atom. The molecule has 2 aromatic carbocycles. The molecule has 5 rings (SSSR count). The molecule has 1 aliphatic heterocycles. The van der Waals surface area contributed by atoms with Gasteiger partial charge in [0, 0.05) is 73.3 Å². The highest BCUT2D eigenvalue weighted by Crippen LogP contribution is 2.33. The number of carbonyl (C=O) groups excluding carboxylic acids is 1. The minimum Gasteiger partial charge on any atom is -0.322 e. The smallest absolute Gasteiger partial charge is 0.322 e. The molecule has 198 valence electrons. The van der Waals surface area contributed by atoms with E-state index in [2.05, 4.69) is 32.0 Å². The van der Waals surface area contributed by atoms with Crippen LogP contribution in [-0.4, -0.2) is 58.9 Å². The molecule has 1 saturated heterocycles. The van der Waals surface area contributed by atoms with Crippen molar-refractivity contribution >= 4 is 22.4 Å². The van der Waals surface area contributed by atoms with Crippen molar-refractivity contribution in [3.63, 3.8) is 0 Å². The number of hydrogen-bond acceptors (Lipinski definition) is 5. The first-order valence-electron chi connectivity index (χ1n) is 12.5. The van der Waals surface area contributed by atoms with Gasteiger partial charge in [0.2, 0.25) is 0 Å². The fourth-order valence-electron chi connectivity index (χ4n) is 4.49. The van der Waals surface area contributed by atoms with Crippen LogP contribution in [0.2, 0.25) is 0 Å². The van der Waals surface area contributed by atoms with Crippen molar-refractivity contribution in [2.24, 2.45) is 0 Å². The van der Waals surface area contributed by atoms with Crippen molar-refractivity contribution in [1.82, 2.24) is 19.8 Å². The molecule has 9 heteroatoms. The molecule has 1 N–H and O–H groups in total. The predicted octanol–water partition coefficient (Wildman–Crippen LogP) is 5.05. The second-order valence-electron chi connectivity index (χ2n) is 9.49. The van der Waals surface area contributed by atoms with E-state index in [1.807, 2.05) is 36.2 Å². The Morgan fingerprint density at radius 2 is 1.79 bits per heavy atom. The van der Waals surface area contributed by atoms with Crippen LogP contribution in [0.25, 0.3) is 10.8 Å². The summed E-state index contributed by atoms with van der Waals surface area (Å²) in [5.41, 5.74) is 0.813. The van der Waals surface area contributed by atoms with Gasteiger partial charge in [-0.05, 0) is 42.8 Å². The first kappa shape index (κ1) is 26.4. The average molecular weight is 530 g/mol. The minimum atomic E-state index is -4.58. The molecule has 3 heterocycles. The van der Waals surface area contributed by atoms with Crippen molar-refractivity contribution in [2.75, 3.05) is 38.5 Å². The summed E-state index contributed by atoms with van der Waals surface area (Å²) < 4.78 is 41.8. The molecule has 1 fully saturated rings. The van der Waals surface area contributed by atoms with E-state index < -0.39 is 17.6 Å². The number of aromatic nitrogens is 2. The molecular formula is C30H26F3N5O. The molecule has 6 nitrogen and oxygen atoms in total. The van der Waals surface area contributed by atoms with Crippen LogP contribution in [0.3, 0.4) is 0 Å². The standard InChI is InChI=1S/C30H26F3N5O/c1-37-12-14-38(15-13-37)20-24-7-6-21(16-28(24)30(31,32)33)29(39)36-26-10-11-35-25(17-26)9-8-23-19-34-18-22-4-2-3-5-27(22)23/h2-7,10-11,16-19H,12-15,20H2,1H3,(H,35,36,39). The number of amides is 1. The average Bonchev–Trinajstić information content (AvgIpc) is 2.93. The number of nitrogens with zero attached hydrogens (tertiary/aromatic N) is 4. The molecule has 1 amide bonds. The molecule has 0 aliphatic carbocycles. The highest BCUT2D eigenvalue weighted by Gasteiger charge is 2.34. The fourth-order valence-corrected chi connectivity index (χ4v) is 4.49. The number of halogens is 3. The van der Waals surface area contributed by atoms with Gasteiger partial charge in [0.1, 0.15) is 5.69 Å².